The molecule has 0 radical (unpaired) electrons. The van der Waals surface area contributed by atoms with Crippen LogP contribution in [0.15, 0.2) is 12.4 Å². The fourth-order valence-electron chi connectivity index (χ4n) is 3.68. The number of aryl methyl sites for hydroxylation is 1. The van der Waals surface area contributed by atoms with E-state index < -0.39 is 0 Å². The van der Waals surface area contributed by atoms with E-state index in [2.05, 4.69) is 20.2 Å². The van der Waals surface area contributed by atoms with Gasteiger partial charge in [-0.1, -0.05) is 12.8 Å². The molecule has 2 heterocycles. The number of hydrogen-bond acceptors (Lipinski definition) is 3. The molecule has 6 nitrogen and oxygen atoms in total. The van der Waals surface area contributed by atoms with Crippen molar-refractivity contribution < 1.29 is 9.59 Å². The zero-order valence-electron chi connectivity index (χ0n) is 13.0. The number of carbonyl (C=O) groups excluding carboxylic acids is 2. The van der Waals surface area contributed by atoms with Gasteiger partial charge in [-0.05, 0) is 25.2 Å². The lowest BCUT2D eigenvalue weighted by molar-refractivity contribution is -0.130. The number of carbonyl (C=O) groups is 2. The number of imidazole rings is 1. The topological polar surface area (TPSA) is 76.0 Å². The largest absolute Gasteiger partial charge is 0.350 e. The Bertz CT molecular complexity index is 548. The fraction of sp³-hybridized carbons (Fsp3) is 0.688. The van der Waals surface area contributed by atoms with Crippen molar-refractivity contribution >= 4 is 11.8 Å². The summed E-state index contributed by atoms with van der Waals surface area (Å²) in [5.74, 6) is 1.19. The van der Waals surface area contributed by atoms with Crippen molar-refractivity contribution in [3.8, 4) is 0 Å². The molecule has 0 unspecified atom stereocenters. The highest BCUT2D eigenvalue weighted by molar-refractivity contribution is 5.87. The van der Waals surface area contributed by atoms with Crippen LogP contribution in [0.3, 0.4) is 0 Å². The van der Waals surface area contributed by atoms with Crippen LogP contribution < -0.4 is 10.6 Å². The lowest BCUT2D eigenvalue weighted by atomic mass is 9.96. The number of nitrogens with zero attached hydrogens (tertiary/aromatic N) is 2. The molecule has 1 aliphatic heterocycles. The third-order valence-electron chi connectivity index (χ3n) is 4.79. The highest BCUT2D eigenvalue weighted by Crippen LogP contribution is 2.28. The molecule has 0 spiro atoms. The predicted molar refractivity (Wildman–Crippen MR) is 82.0 cm³/mol. The summed E-state index contributed by atoms with van der Waals surface area (Å²) in [5, 5.41) is 5.98. The molecule has 1 fully saturated rings. The first-order chi connectivity index (χ1) is 10.6. The molecule has 2 atom stereocenters. The molecular formula is C16H24N4O2. The van der Waals surface area contributed by atoms with Gasteiger partial charge >= 0.3 is 0 Å². The van der Waals surface area contributed by atoms with Gasteiger partial charge in [0.2, 0.25) is 11.8 Å². The second-order valence-corrected chi connectivity index (χ2v) is 6.46. The molecule has 3 rings (SSSR count). The van der Waals surface area contributed by atoms with Gasteiger partial charge in [0, 0.05) is 38.3 Å². The summed E-state index contributed by atoms with van der Waals surface area (Å²) in [6.07, 6.45) is 9.88. The molecular weight excluding hydrogens is 280 g/mol. The van der Waals surface area contributed by atoms with Gasteiger partial charge in [-0.2, -0.15) is 0 Å². The van der Waals surface area contributed by atoms with E-state index in [1.165, 1.54) is 6.92 Å². The van der Waals surface area contributed by atoms with E-state index in [-0.39, 0.29) is 29.8 Å². The summed E-state index contributed by atoms with van der Waals surface area (Å²) in [4.78, 5) is 28.4. The molecule has 22 heavy (non-hydrogen) atoms. The average Bonchev–Trinajstić information content (AvgIpc) is 3.15. The number of hydrogen-bond donors (Lipinski definition) is 2. The van der Waals surface area contributed by atoms with Gasteiger partial charge in [-0.15, -0.1) is 0 Å². The third-order valence-corrected chi connectivity index (χ3v) is 4.79. The molecule has 1 saturated carbocycles. The maximum Gasteiger partial charge on any atom is 0.243 e. The number of aromatic nitrogens is 2. The van der Waals surface area contributed by atoms with Gasteiger partial charge in [0.15, 0.2) is 0 Å². The summed E-state index contributed by atoms with van der Waals surface area (Å²) in [5.41, 5.74) is 0. The van der Waals surface area contributed by atoms with Gasteiger partial charge in [-0.25, -0.2) is 4.98 Å². The van der Waals surface area contributed by atoms with E-state index in [0.29, 0.717) is 0 Å². The van der Waals surface area contributed by atoms with Crippen molar-refractivity contribution in [3.05, 3.63) is 18.2 Å². The van der Waals surface area contributed by atoms with E-state index in [9.17, 15) is 9.59 Å². The number of rotatable bonds is 4. The lowest BCUT2D eigenvalue weighted by Gasteiger charge is -2.29. The Morgan fingerprint density at radius 2 is 2.09 bits per heavy atom. The van der Waals surface area contributed by atoms with E-state index in [1.807, 2.05) is 6.20 Å². The zero-order valence-corrected chi connectivity index (χ0v) is 13.0. The maximum absolute atomic E-state index is 12.6. The van der Waals surface area contributed by atoms with Crippen LogP contribution in [0.1, 0.15) is 44.9 Å². The Labute approximate surface area is 130 Å². The first-order valence-corrected chi connectivity index (χ1v) is 8.21. The van der Waals surface area contributed by atoms with Crippen molar-refractivity contribution in [1.82, 2.24) is 20.2 Å². The van der Waals surface area contributed by atoms with Crippen LogP contribution >= 0.6 is 0 Å². The summed E-state index contributed by atoms with van der Waals surface area (Å²) in [7, 11) is 0. The van der Waals surface area contributed by atoms with Gasteiger partial charge < -0.3 is 15.2 Å². The third kappa shape index (κ3) is 3.31. The number of nitrogens with one attached hydrogen (secondary N) is 2. The predicted octanol–water partition coefficient (Wildman–Crippen LogP) is 1.01. The average molecular weight is 304 g/mol. The molecule has 1 aromatic rings. The maximum atomic E-state index is 12.6. The standard InChI is InChI=1S/C16H24N4O2/c1-11(21)18-15(12-4-2-3-5-12)16(22)19-13-6-7-14-17-8-9-20(14)10-13/h8-9,12-13,15H,2-7,10H2,1H3,(H,18,21)(H,19,22)/t13-,15+/m1/s1. The fourth-order valence-corrected chi connectivity index (χ4v) is 3.68. The monoisotopic (exact) mass is 304 g/mol. The Morgan fingerprint density at radius 1 is 1.32 bits per heavy atom. The summed E-state index contributed by atoms with van der Waals surface area (Å²) in [6, 6.07) is -0.268. The molecule has 1 aromatic heterocycles. The molecule has 0 saturated heterocycles. The van der Waals surface area contributed by atoms with E-state index >= 15 is 0 Å². The van der Waals surface area contributed by atoms with Crippen LogP contribution in [0, 0.1) is 5.92 Å². The Morgan fingerprint density at radius 3 is 2.82 bits per heavy atom. The van der Waals surface area contributed by atoms with E-state index in [0.717, 1.165) is 50.9 Å². The molecule has 1 aliphatic carbocycles. The molecule has 6 heteroatoms. The zero-order chi connectivity index (χ0) is 15.5. The summed E-state index contributed by atoms with van der Waals surface area (Å²) >= 11 is 0. The van der Waals surface area contributed by atoms with E-state index in [1.54, 1.807) is 6.20 Å². The van der Waals surface area contributed by atoms with Crippen molar-refractivity contribution in [2.45, 2.75) is 64.1 Å². The highest BCUT2D eigenvalue weighted by Gasteiger charge is 2.32. The molecule has 0 aromatic carbocycles. The first-order valence-electron chi connectivity index (χ1n) is 8.21. The van der Waals surface area contributed by atoms with Crippen LogP contribution in [-0.4, -0.2) is 33.4 Å². The van der Waals surface area contributed by atoms with Crippen molar-refractivity contribution in [1.29, 1.82) is 0 Å². The smallest absolute Gasteiger partial charge is 0.243 e. The normalized spacial score (nSPS) is 22.9. The van der Waals surface area contributed by atoms with Crippen molar-refractivity contribution in [2.24, 2.45) is 5.92 Å². The second kappa shape index (κ2) is 6.50. The number of fused-ring (bicyclic) bond motifs is 1. The van der Waals surface area contributed by atoms with Crippen LogP contribution in [0.25, 0.3) is 0 Å². The van der Waals surface area contributed by atoms with Crippen LogP contribution in [0.5, 0.6) is 0 Å². The van der Waals surface area contributed by atoms with Gasteiger partial charge in [0.25, 0.3) is 0 Å². The summed E-state index contributed by atoms with van der Waals surface area (Å²) in [6.45, 7) is 2.24. The lowest BCUT2D eigenvalue weighted by Crippen LogP contribution is -2.53. The van der Waals surface area contributed by atoms with E-state index in [4.69, 9.17) is 0 Å². The van der Waals surface area contributed by atoms with Gasteiger partial charge in [0.05, 0.1) is 0 Å². The van der Waals surface area contributed by atoms with Gasteiger partial charge in [-0.3, -0.25) is 9.59 Å². The number of amides is 2. The minimum absolute atomic E-state index is 0.0318. The molecule has 2 N–H and O–H groups in total. The Hall–Kier alpha value is -1.85. The highest BCUT2D eigenvalue weighted by atomic mass is 16.2. The molecule has 2 amide bonds. The van der Waals surface area contributed by atoms with Crippen LogP contribution in [-0.2, 0) is 22.6 Å². The second-order valence-electron chi connectivity index (χ2n) is 6.46. The minimum Gasteiger partial charge on any atom is -0.350 e. The quantitative estimate of drug-likeness (QED) is 0.871. The summed E-state index contributed by atoms with van der Waals surface area (Å²) < 4.78 is 2.09. The first kappa shape index (κ1) is 15.1. The minimum atomic E-state index is -0.385. The molecule has 2 aliphatic rings. The Kier molecular flexibility index (Phi) is 4.45. The van der Waals surface area contributed by atoms with Crippen LogP contribution in [0.2, 0.25) is 0 Å². The van der Waals surface area contributed by atoms with Crippen molar-refractivity contribution in [3.63, 3.8) is 0 Å². The van der Waals surface area contributed by atoms with Crippen molar-refractivity contribution in [2.75, 3.05) is 0 Å². The van der Waals surface area contributed by atoms with Crippen LogP contribution in [0.4, 0.5) is 0 Å². The molecule has 0 bridgehead atoms. The molecule has 120 valence electrons. The van der Waals surface area contributed by atoms with Gasteiger partial charge in [0.1, 0.15) is 11.9 Å². The Balaban J connectivity index is 1.62. The SMILES string of the molecule is CC(=O)N[C@H](C(=O)N[C@@H]1CCc2nccn2C1)C1CCCC1.